The minimum absolute atomic E-state index is 0.228. The topological polar surface area (TPSA) is 58.9 Å². The number of nitrogens with zero attached hydrogens (tertiary/aromatic N) is 2. The number of isocyanates is 2. The molecule has 2 fully saturated rings. The van der Waals surface area contributed by atoms with Crippen molar-refractivity contribution in [3.8, 4) is 0 Å². The fourth-order valence-electron chi connectivity index (χ4n) is 3.64. The summed E-state index contributed by atoms with van der Waals surface area (Å²) in [7, 11) is 0. The summed E-state index contributed by atoms with van der Waals surface area (Å²) >= 11 is 0. The molecule has 4 heteroatoms. The average Bonchev–Trinajstić information content (AvgIpc) is 2.44. The predicted molar refractivity (Wildman–Crippen MR) is 72.4 cm³/mol. The monoisotopic (exact) mass is 262 g/mol. The lowest BCUT2D eigenvalue weighted by atomic mass is 9.76. The van der Waals surface area contributed by atoms with E-state index in [0.29, 0.717) is 0 Å². The van der Waals surface area contributed by atoms with E-state index >= 15 is 0 Å². The SMILES string of the molecule is O=C=NC1CCC(C[C@H]2CC[C@@H](N=C=O)CC2)CC1. The summed E-state index contributed by atoms with van der Waals surface area (Å²) in [6.45, 7) is 0. The Morgan fingerprint density at radius 2 is 1.05 bits per heavy atom. The van der Waals surface area contributed by atoms with Gasteiger partial charge in [-0.25, -0.2) is 19.6 Å². The second kappa shape index (κ2) is 7.37. The fourth-order valence-corrected chi connectivity index (χ4v) is 3.64. The average molecular weight is 262 g/mol. The highest BCUT2D eigenvalue weighted by atomic mass is 16.1. The molecule has 0 N–H and O–H groups in total. The Hall–Kier alpha value is -1.24. The summed E-state index contributed by atoms with van der Waals surface area (Å²) < 4.78 is 0. The first-order valence-corrected chi connectivity index (χ1v) is 7.45. The van der Waals surface area contributed by atoms with Gasteiger partial charge in [0.15, 0.2) is 0 Å². The molecule has 2 aliphatic rings. The van der Waals surface area contributed by atoms with E-state index in [1.165, 1.54) is 32.1 Å². The van der Waals surface area contributed by atoms with Crippen LogP contribution in [0.25, 0.3) is 0 Å². The van der Waals surface area contributed by atoms with Gasteiger partial charge >= 0.3 is 0 Å². The van der Waals surface area contributed by atoms with E-state index in [0.717, 1.165) is 37.5 Å². The van der Waals surface area contributed by atoms with Crippen LogP contribution >= 0.6 is 0 Å². The Labute approximate surface area is 114 Å². The lowest BCUT2D eigenvalue weighted by Crippen LogP contribution is -2.23. The van der Waals surface area contributed by atoms with Gasteiger partial charge in [0, 0.05) is 0 Å². The maximum absolute atomic E-state index is 10.2. The van der Waals surface area contributed by atoms with Crippen molar-refractivity contribution in [2.45, 2.75) is 69.9 Å². The van der Waals surface area contributed by atoms with Gasteiger partial charge in [-0.1, -0.05) is 0 Å². The summed E-state index contributed by atoms with van der Waals surface area (Å²) in [6, 6.07) is 0.456. The number of hydrogen-bond acceptors (Lipinski definition) is 4. The quantitative estimate of drug-likeness (QED) is 0.577. The standard InChI is InChI=1S/C15H22N2O2/c18-10-16-14-5-1-12(2-6-14)9-13-3-7-15(8-4-13)17-11-19/h12-15H,1-9H2/t12-,13?,14+,15?. The molecule has 2 saturated carbocycles. The van der Waals surface area contributed by atoms with Crippen LogP contribution in [0.4, 0.5) is 0 Å². The first-order chi connectivity index (χ1) is 9.31. The smallest absolute Gasteiger partial charge is 0.211 e. The normalized spacial score (nSPS) is 34.9. The maximum Gasteiger partial charge on any atom is 0.235 e. The lowest BCUT2D eigenvalue weighted by Gasteiger charge is -2.31. The molecule has 4 nitrogen and oxygen atoms in total. The largest absolute Gasteiger partial charge is 0.235 e. The molecule has 0 amide bonds. The van der Waals surface area contributed by atoms with E-state index < -0.39 is 0 Å². The second-order valence-corrected chi connectivity index (χ2v) is 6.03. The van der Waals surface area contributed by atoms with Crippen molar-refractivity contribution in [3.05, 3.63) is 0 Å². The molecular formula is C15H22N2O2. The van der Waals surface area contributed by atoms with Gasteiger partial charge in [0.25, 0.3) is 0 Å². The molecule has 2 rings (SSSR count). The van der Waals surface area contributed by atoms with Gasteiger partial charge in [0.1, 0.15) is 0 Å². The zero-order valence-corrected chi connectivity index (χ0v) is 11.4. The second-order valence-electron chi connectivity index (χ2n) is 6.03. The van der Waals surface area contributed by atoms with E-state index in [2.05, 4.69) is 9.98 Å². The molecule has 0 unspecified atom stereocenters. The zero-order chi connectivity index (χ0) is 13.5. The third-order valence-electron chi connectivity index (χ3n) is 4.77. The van der Waals surface area contributed by atoms with Crippen molar-refractivity contribution in [2.24, 2.45) is 21.8 Å². The van der Waals surface area contributed by atoms with Gasteiger partial charge in [-0.15, -0.1) is 0 Å². The van der Waals surface area contributed by atoms with Crippen molar-refractivity contribution in [1.29, 1.82) is 0 Å². The third kappa shape index (κ3) is 4.41. The van der Waals surface area contributed by atoms with Crippen LogP contribution in [0.3, 0.4) is 0 Å². The summed E-state index contributed by atoms with van der Waals surface area (Å²) in [4.78, 5) is 28.1. The summed E-state index contributed by atoms with van der Waals surface area (Å²) in [5.41, 5.74) is 0. The summed E-state index contributed by atoms with van der Waals surface area (Å²) in [6.07, 6.45) is 13.6. The molecule has 0 bridgehead atoms. The highest BCUT2D eigenvalue weighted by Crippen LogP contribution is 2.36. The predicted octanol–water partition coefficient (Wildman–Crippen LogP) is 3.17. The van der Waals surface area contributed by atoms with Crippen LogP contribution < -0.4 is 0 Å². The molecule has 0 atom stereocenters. The van der Waals surface area contributed by atoms with Crippen molar-refractivity contribution in [3.63, 3.8) is 0 Å². The Bertz CT molecular complexity index is 332. The van der Waals surface area contributed by atoms with E-state index in [9.17, 15) is 9.59 Å². The summed E-state index contributed by atoms with van der Waals surface area (Å²) in [5, 5.41) is 0. The van der Waals surface area contributed by atoms with Gasteiger partial charge in [-0.3, -0.25) is 0 Å². The highest BCUT2D eigenvalue weighted by Gasteiger charge is 2.26. The minimum Gasteiger partial charge on any atom is -0.211 e. The molecule has 0 spiro atoms. The van der Waals surface area contributed by atoms with E-state index in [4.69, 9.17) is 0 Å². The van der Waals surface area contributed by atoms with E-state index in [1.54, 1.807) is 12.2 Å². The van der Waals surface area contributed by atoms with Gasteiger partial charge in [-0.2, -0.15) is 0 Å². The van der Waals surface area contributed by atoms with Crippen LogP contribution in [0.15, 0.2) is 9.98 Å². The van der Waals surface area contributed by atoms with E-state index in [1.807, 2.05) is 0 Å². The lowest BCUT2D eigenvalue weighted by molar-refractivity contribution is 0.226. The van der Waals surface area contributed by atoms with Crippen molar-refractivity contribution in [2.75, 3.05) is 0 Å². The summed E-state index contributed by atoms with van der Waals surface area (Å²) in [5.74, 6) is 1.60. The Balaban J connectivity index is 1.69. The van der Waals surface area contributed by atoms with Gasteiger partial charge in [0.2, 0.25) is 12.2 Å². The molecule has 104 valence electrons. The number of carbonyl (C=O) groups excluding carboxylic acids is 2. The molecule has 19 heavy (non-hydrogen) atoms. The van der Waals surface area contributed by atoms with Crippen LogP contribution in [0.2, 0.25) is 0 Å². The van der Waals surface area contributed by atoms with Crippen LogP contribution in [0.5, 0.6) is 0 Å². The third-order valence-corrected chi connectivity index (χ3v) is 4.77. The molecule has 0 aromatic carbocycles. The first kappa shape index (κ1) is 14.2. The van der Waals surface area contributed by atoms with Crippen molar-refractivity contribution in [1.82, 2.24) is 0 Å². The maximum atomic E-state index is 10.2. The molecule has 0 aromatic rings. The number of rotatable bonds is 4. The van der Waals surface area contributed by atoms with Crippen molar-refractivity contribution < 1.29 is 9.59 Å². The van der Waals surface area contributed by atoms with Crippen LogP contribution in [-0.4, -0.2) is 24.2 Å². The highest BCUT2D eigenvalue weighted by molar-refractivity contribution is 5.33. The number of hydrogen-bond donors (Lipinski definition) is 0. The van der Waals surface area contributed by atoms with Gasteiger partial charge in [-0.05, 0) is 69.6 Å². The molecule has 2 aliphatic carbocycles. The molecule has 0 aliphatic heterocycles. The molecular weight excluding hydrogens is 240 g/mol. The Morgan fingerprint density at radius 3 is 1.37 bits per heavy atom. The van der Waals surface area contributed by atoms with Crippen LogP contribution in [0.1, 0.15) is 57.8 Å². The molecule has 0 aromatic heterocycles. The Kier molecular flexibility index (Phi) is 5.50. The fraction of sp³-hybridized carbons (Fsp3) is 0.867. The number of aliphatic imine (C=N–C) groups is 2. The van der Waals surface area contributed by atoms with Crippen LogP contribution in [0, 0.1) is 11.8 Å². The first-order valence-electron chi connectivity index (χ1n) is 7.45. The van der Waals surface area contributed by atoms with Crippen LogP contribution in [-0.2, 0) is 9.59 Å². The van der Waals surface area contributed by atoms with Crippen molar-refractivity contribution >= 4 is 12.2 Å². The minimum atomic E-state index is 0.228. The van der Waals surface area contributed by atoms with Gasteiger partial charge < -0.3 is 0 Å². The zero-order valence-electron chi connectivity index (χ0n) is 11.4. The molecule has 0 saturated heterocycles. The molecule has 0 heterocycles. The van der Waals surface area contributed by atoms with Gasteiger partial charge in [0.05, 0.1) is 12.1 Å². The van der Waals surface area contributed by atoms with E-state index in [-0.39, 0.29) is 12.1 Å². The molecule has 0 radical (unpaired) electrons. The Morgan fingerprint density at radius 1 is 0.684 bits per heavy atom.